The van der Waals surface area contributed by atoms with Crippen molar-refractivity contribution in [2.45, 2.75) is 31.3 Å². The maximum absolute atomic E-state index is 12.7. The number of nitrogens with zero attached hydrogens (tertiary/aromatic N) is 1. The molecule has 29 heavy (non-hydrogen) atoms. The number of hydrogen-bond acceptors (Lipinski definition) is 6. The number of hydrogen-bond donors (Lipinski definition) is 0. The summed E-state index contributed by atoms with van der Waals surface area (Å²) in [5, 5.41) is 0. The van der Waals surface area contributed by atoms with Crippen LogP contribution in [-0.2, 0) is 21.4 Å². The summed E-state index contributed by atoms with van der Waals surface area (Å²) < 4.78 is 37.4. The number of Topliss-reactive ketones (excluding diaryl/α,β-unsaturated/α-hetero) is 1. The molecule has 3 rings (SSSR count). The van der Waals surface area contributed by atoms with E-state index in [2.05, 4.69) is 0 Å². The molecule has 0 unspecified atom stereocenters. The molecule has 0 spiro atoms. The second-order valence-corrected chi connectivity index (χ2v) is 8.74. The Bertz CT molecular complexity index is 1030. The predicted molar refractivity (Wildman–Crippen MR) is 107 cm³/mol. The number of rotatable bonds is 7. The van der Waals surface area contributed by atoms with Crippen LogP contribution in [0.15, 0.2) is 47.4 Å². The molecule has 2 aromatic carbocycles. The molecule has 1 aliphatic heterocycles. The fraction of sp³-hybridized carbons (Fsp3) is 0.333. The second kappa shape index (κ2) is 8.75. The van der Waals surface area contributed by atoms with Crippen molar-refractivity contribution in [2.24, 2.45) is 0 Å². The third-order valence-electron chi connectivity index (χ3n) is 4.82. The molecular weight excluding hydrogens is 394 g/mol. The Morgan fingerprint density at radius 3 is 2.41 bits per heavy atom. The molecule has 0 atom stereocenters. The van der Waals surface area contributed by atoms with Crippen molar-refractivity contribution >= 4 is 21.8 Å². The normalized spacial score (nSPS) is 14.6. The molecule has 1 aliphatic rings. The van der Waals surface area contributed by atoms with E-state index in [9.17, 15) is 18.0 Å². The number of esters is 1. The summed E-state index contributed by atoms with van der Waals surface area (Å²) in [5.41, 5.74) is 1.18. The van der Waals surface area contributed by atoms with E-state index in [-0.39, 0.29) is 22.8 Å². The largest absolute Gasteiger partial charge is 0.496 e. The second-order valence-electron chi connectivity index (χ2n) is 6.80. The van der Waals surface area contributed by atoms with Crippen LogP contribution >= 0.6 is 0 Å². The Morgan fingerprint density at radius 2 is 1.76 bits per heavy atom. The van der Waals surface area contributed by atoms with Crippen molar-refractivity contribution < 1.29 is 27.5 Å². The molecule has 0 radical (unpaired) electrons. The average Bonchev–Trinajstić information content (AvgIpc) is 3.27. The Kier molecular flexibility index (Phi) is 6.34. The van der Waals surface area contributed by atoms with E-state index < -0.39 is 16.0 Å². The highest BCUT2D eigenvalue weighted by Gasteiger charge is 2.27. The Hall–Kier alpha value is -2.71. The van der Waals surface area contributed by atoms with E-state index in [1.54, 1.807) is 18.2 Å². The van der Waals surface area contributed by atoms with Gasteiger partial charge in [0.1, 0.15) is 12.4 Å². The molecule has 8 heteroatoms. The zero-order chi connectivity index (χ0) is 21.0. The van der Waals surface area contributed by atoms with Gasteiger partial charge in [-0.3, -0.25) is 4.79 Å². The third kappa shape index (κ3) is 4.65. The van der Waals surface area contributed by atoms with Gasteiger partial charge in [-0.05, 0) is 56.2 Å². The minimum absolute atomic E-state index is 0.0741. The number of methoxy groups -OCH3 is 1. The van der Waals surface area contributed by atoms with Crippen LogP contribution in [0.25, 0.3) is 0 Å². The summed E-state index contributed by atoms with van der Waals surface area (Å²) in [6.45, 7) is 2.32. The Labute approximate surface area is 170 Å². The van der Waals surface area contributed by atoms with Gasteiger partial charge < -0.3 is 9.47 Å². The lowest BCUT2D eigenvalue weighted by Crippen LogP contribution is -2.28. The van der Waals surface area contributed by atoms with Crippen molar-refractivity contribution in [2.75, 3.05) is 20.2 Å². The molecule has 154 valence electrons. The van der Waals surface area contributed by atoms with Gasteiger partial charge in [0.15, 0.2) is 5.78 Å². The topological polar surface area (TPSA) is 90.0 Å². The number of ketones is 1. The Balaban J connectivity index is 1.77. The zero-order valence-electron chi connectivity index (χ0n) is 16.4. The van der Waals surface area contributed by atoms with Gasteiger partial charge in [-0.15, -0.1) is 0 Å². The van der Waals surface area contributed by atoms with Gasteiger partial charge in [-0.25, -0.2) is 13.2 Å². The minimum atomic E-state index is -3.62. The molecule has 7 nitrogen and oxygen atoms in total. The summed E-state index contributed by atoms with van der Waals surface area (Å²) in [4.78, 5) is 24.2. The molecule has 0 aliphatic carbocycles. The molecule has 0 amide bonds. The first-order chi connectivity index (χ1) is 13.8. The van der Waals surface area contributed by atoms with E-state index >= 15 is 0 Å². The van der Waals surface area contributed by atoms with Crippen LogP contribution in [0.4, 0.5) is 0 Å². The van der Waals surface area contributed by atoms with Crippen molar-refractivity contribution in [3.8, 4) is 5.75 Å². The summed E-state index contributed by atoms with van der Waals surface area (Å²) >= 11 is 0. The SMILES string of the molecule is COc1ccc(C(C)=O)cc1COC(=O)c1cccc(S(=O)(=O)N2CCCC2)c1. The maximum Gasteiger partial charge on any atom is 0.338 e. The Morgan fingerprint density at radius 1 is 1.03 bits per heavy atom. The third-order valence-corrected chi connectivity index (χ3v) is 6.71. The van der Waals surface area contributed by atoms with Crippen LogP contribution in [0, 0.1) is 0 Å². The van der Waals surface area contributed by atoms with Crippen LogP contribution in [0.2, 0.25) is 0 Å². The highest BCUT2D eigenvalue weighted by Crippen LogP contribution is 2.24. The van der Waals surface area contributed by atoms with Crippen LogP contribution in [0.1, 0.15) is 46.0 Å². The van der Waals surface area contributed by atoms with Gasteiger partial charge >= 0.3 is 5.97 Å². The first kappa shape index (κ1) is 21.0. The first-order valence-electron chi connectivity index (χ1n) is 9.28. The number of carbonyl (C=O) groups is 2. The standard InChI is InChI=1S/C21H23NO6S/c1-15(23)16-8-9-20(27-2)18(12-16)14-28-21(24)17-6-5-7-19(13-17)29(25,26)22-10-3-4-11-22/h5-9,12-13H,3-4,10-11,14H2,1-2H3. The van der Waals surface area contributed by atoms with Crippen LogP contribution < -0.4 is 4.74 Å². The molecule has 0 bridgehead atoms. The van der Waals surface area contributed by atoms with Crippen molar-refractivity contribution in [3.63, 3.8) is 0 Å². The first-order valence-corrected chi connectivity index (χ1v) is 10.7. The lowest BCUT2D eigenvalue weighted by Gasteiger charge is -2.16. The quantitative estimate of drug-likeness (QED) is 0.508. The van der Waals surface area contributed by atoms with Gasteiger partial charge in [0, 0.05) is 24.2 Å². The van der Waals surface area contributed by atoms with Crippen molar-refractivity contribution in [1.29, 1.82) is 0 Å². The molecule has 0 N–H and O–H groups in total. The fourth-order valence-electron chi connectivity index (χ4n) is 3.20. The van der Waals surface area contributed by atoms with E-state index in [4.69, 9.17) is 9.47 Å². The minimum Gasteiger partial charge on any atom is -0.496 e. The van der Waals surface area contributed by atoms with E-state index in [1.807, 2.05) is 0 Å². The molecule has 1 saturated heterocycles. The van der Waals surface area contributed by atoms with Crippen molar-refractivity contribution in [1.82, 2.24) is 4.31 Å². The van der Waals surface area contributed by atoms with Crippen LogP contribution in [-0.4, -0.2) is 44.7 Å². The monoisotopic (exact) mass is 417 g/mol. The van der Waals surface area contributed by atoms with Crippen molar-refractivity contribution in [3.05, 3.63) is 59.2 Å². The number of carbonyl (C=O) groups excluding carboxylic acids is 2. The van der Waals surface area contributed by atoms with E-state index in [0.29, 0.717) is 30.0 Å². The molecule has 1 heterocycles. The summed E-state index contributed by atoms with van der Waals surface area (Å²) in [6.07, 6.45) is 1.67. The van der Waals surface area contributed by atoms with E-state index in [1.165, 1.54) is 42.6 Å². The maximum atomic E-state index is 12.7. The van der Waals surface area contributed by atoms with Gasteiger partial charge in [0.25, 0.3) is 0 Å². The number of benzene rings is 2. The number of sulfonamides is 1. The lowest BCUT2D eigenvalue weighted by atomic mass is 10.1. The summed E-state index contributed by atoms with van der Waals surface area (Å²) in [5.74, 6) is -0.271. The average molecular weight is 417 g/mol. The molecule has 2 aromatic rings. The van der Waals surface area contributed by atoms with Crippen LogP contribution in [0.3, 0.4) is 0 Å². The smallest absolute Gasteiger partial charge is 0.338 e. The highest BCUT2D eigenvalue weighted by atomic mass is 32.2. The lowest BCUT2D eigenvalue weighted by molar-refractivity contribution is 0.0470. The number of ether oxygens (including phenoxy) is 2. The van der Waals surface area contributed by atoms with Gasteiger partial charge in [-0.2, -0.15) is 4.31 Å². The van der Waals surface area contributed by atoms with E-state index in [0.717, 1.165) is 12.8 Å². The summed E-state index contributed by atoms with van der Waals surface area (Å²) in [7, 11) is -2.13. The highest BCUT2D eigenvalue weighted by molar-refractivity contribution is 7.89. The molecule has 0 saturated carbocycles. The predicted octanol–water partition coefficient (Wildman–Crippen LogP) is 3.04. The van der Waals surface area contributed by atoms with Gasteiger partial charge in [0.2, 0.25) is 10.0 Å². The molecule has 1 fully saturated rings. The molecular formula is C21H23NO6S. The van der Waals surface area contributed by atoms with Gasteiger partial charge in [-0.1, -0.05) is 6.07 Å². The summed E-state index contributed by atoms with van der Waals surface area (Å²) in [6, 6.07) is 10.7. The van der Waals surface area contributed by atoms with Crippen LogP contribution in [0.5, 0.6) is 5.75 Å². The van der Waals surface area contributed by atoms with Gasteiger partial charge in [0.05, 0.1) is 17.6 Å². The molecule has 0 aromatic heterocycles. The zero-order valence-corrected chi connectivity index (χ0v) is 17.2. The fourth-order valence-corrected chi connectivity index (χ4v) is 4.76.